The van der Waals surface area contributed by atoms with Crippen molar-refractivity contribution in [1.29, 1.82) is 0 Å². The molecule has 0 saturated carbocycles. The van der Waals surface area contributed by atoms with Gasteiger partial charge in [0.15, 0.2) is 0 Å². The van der Waals surface area contributed by atoms with Gasteiger partial charge in [0.2, 0.25) is 5.91 Å². The van der Waals surface area contributed by atoms with Gasteiger partial charge in [-0.05, 0) is 69.3 Å². The minimum atomic E-state index is -0.195. The van der Waals surface area contributed by atoms with Crippen molar-refractivity contribution in [1.82, 2.24) is 29.9 Å². The summed E-state index contributed by atoms with van der Waals surface area (Å²) in [5.41, 5.74) is 1.59. The number of nitrogens with one attached hydrogen (secondary N) is 2. The van der Waals surface area contributed by atoms with E-state index in [0.717, 1.165) is 68.6 Å². The highest BCUT2D eigenvalue weighted by Crippen LogP contribution is 2.27. The Bertz CT molecular complexity index is 1130. The van der Waals surface area contributed by atoms with Gasteiger partial charge < -0.3 is 25.0 Å². The summed E-state index contributed by atoms with van der Waals surface area (Å²) in [5, 5.41) is 3.85. The van der Waals surface area contributed by atoms with E-state index in [9.17, 15) is 14.4 Å². The number of fused-ring (bicyclic) bond motifs is 1. The summed E-state index contributed by atoms with van der Waals surface area (Å²) in [6.45, 7) is 6.76. The Balaban J connectivity index is 1.05. The predicted octanol–water partition coefficient (Wildman–Crippen LogP) is 1.66. The summed E-state index contributed by atoms with van der Waals surface area (Å²) >= 11 is 0. The molecule has 0 aliphatic carbocycles. The van der Waals surface area contributed by atoms with Gasteiger partial charge in [-0.15, -0.1) is 0 Å². The number of carbonyl (C=O) groups is 2. The molecule has 3 aliphatic rings. The monoisotopic (exact) mass is 494 g/mol. The van der Waals surface area contributed by atoms with Crippen LogP contribution < -0.4 is 10.9 Å². The quantitative estimate of drug-likeness (QED) is 0.675. The fourth-order valence-corrected chi connectivity index (χ4v) is 5.93. The zero-order valence-electron chi connectivity index (χ0n) is 21.2. The number of pyridine rings is 1. The van der Waals surface area contributed by atoms with Crippen molar-refractivity contribution < 1.29 is 9.59 Å². The highest BCUT2D eigenvalue weighted by Gasteiger charge is 2.29. The fraction of sp³-hybridized carbons (Fsp3) is 0.593. The van der Waals surface area contributed by atoms with Crippen LogP contribution in [0.5, 0.6) is 0 Å². The van der Waals surface area contributed by atoms with E-state index in [4.69, 9.17) is 0 Å². The molecule has 1 aromatic carbocycles. The lowest BCUT2D eigenvalue weighted by atomic mass is 9.89. The first-order chi connectivity index (χ1) is 17.5. The maximum absolute atomic E-state index is 12.7. The van der Waals surface area contributed by atoms with Crippen LogP contribution in [0.2, 0.25) is 0 Å². The van der Waals surface area contributed by atoms with Crippen LogP contribution in [-0.2, 0) is 4.79 Å². The molecule has 3 fully saturated rings. The van der Waals surface area contributed by atoms with Crippen LogP contribution in [0.15, 0.2) is 35.1 Å². The van der Waals surface area contributed by atoms with E-state index in [1.165, 1.54) is 12.8 Å². The van der Waals surface area contributed by atoms with Crippen LogP contribution in [0.1, 0.15) is 37.2 Å². The molecule has 2 aromatic rings. The van der Waals surface area contributed by atoms with Gasteiger partial charge in [0, 0.05) is 56.4 Å². The molecule has 0 radical (unpaired) electrons. The Hall–Kier alpha value is -2.91. The van der Waals surface area contributed by atoms with E-state index in [0.29, 0.717) is 19.1 Å². The highest BCUT2D eigenvalue weighted by molar-refractivity contribution is 5.84. The Morgan fingerprint density at radius 3 is 2.33 bits per heavy atom. The fourth-order valence-electron chi connectivity index (χ4n) is 5.93. The van der Waals surface area contributed by atoms with Crippen molar-refractivity contribution in [2.24, 2.45) is 0 Å². The molecule has 0 unspecified atom stereocenters. The second kappa shape index (κ2) is 11.0. The number of para-hydroxylation sites is 1. The van der Waals surface area contributed by atoms with Crippen LogP contribution in [0.4, 0.5) is 4.79 Å². The molecule has 36 heavy (non-hydrogen) atoms. The lowest BCUT2D eigenvalue weighted by molar-refractivity contribution is -0.132. The molecule has 5 rings (SSSR count). The number of carbonyl (C=O) groups excluding carboxylic acids is 2. The molecule has 3 saturated heterocycles. The van der Waals surface area contributed by atoms with E-state index in [-0.39, 0.29) is 30.0 Å². The molecule has 1 aromatic heterocycles. The predicted molar refractivity (Wildman–Crippen MR) is 140 cm³/mol. The number of rotatable bonds is 4. The normalized spacial score (nSPS) is 21.1. The number of likely N-dealkylation sites (tertiary alicyclic amines) is 2. The highest BCUT2D eigenvalue weighted by atomic mass is 16.2. The number of hydrogen-bond donors (Lipinski definition) is 2. The summed E-state index contributed by atoms with van der Waals surface area (Å²) in [4.78, 5) is 49.6. The topological polar surface area (TPSA) is 92.0 Å². The number of nitrogens with zero attached hydrogens (tertiary/aromatic N) is 4. The second-order valence-electron chi connectivity index (χ2n) is 10.5. The van der Waals surface area contributed by atoms with Gasteiger partial charge in [0.05, 0.1) is 6.54 Å². The third kappa shape index (κ3) is 5.57. The van der Waals surface area contributed by atoms with Gasteiger partial charge in [-0.25, -0.2) is 4.79 Å². The van der Waals surface area contributed by atoms with E-state index in [1.807, 2.05) is 35.2 Å². The summed E-state index contributed by atoms with van der Waals surface area (Å²) in [5.74, 6) is 0.119. The molecule has 9 nitrogen and oxygen atoms in total. The Morgan fingerprint density at radius 2 is 1.61 bits per heavy atom. The first kappa shape index (κ1) is 24.8. The number of piperazine rings is 1. The zero-order chi connectivity index (χ0) is 25.1. The van der Waals surface area contributed by atoms with E-state index < -0.39 is 0 Å². The number of urea groups is 1. The number of amides is 3. The number of hydrogen-bond acceptors (Lipinski definition) is 5. The molecule has 0 spiro atoms. The Morgan fingerprint density at radius 1 is 0.917 bits per heavy atom. The lowest BCUT2D eigenvalue weighted by Crippen LogP contribution is -2.55. The van der Waals surface area contributed by atoms with Crippen molar-refractivity contribution in [3.8, 4) is 0 Å². The smallest absolute Gasteiger partial charge is 0.317 e. The number of benzene rings is 1. The van der Waals surface area contributed by atoms with Crippen molar-refractivity contribution in [2.45, 2.75) is 37.6 Å². The van der Waals surface area contributed by atoms with Crippen LogP contribution >= 0.6 is 0 Å². The minimum absolute atomic E-state index is 0.0102. The molecule has 9 heteroatoms. The van der Waals surface area contributed by atoms with E-state index in [1.54, 1.807) is 4.90 Å². The summed E-state index contributed by atoms with van der Waals surface area (Å²) in [7, 11) is 2.18. The van der Waals surface area contributed by atoms with Gasteiger partial charge in [0.25, 0.3) is 5.56 Å². The van der Waals surface area contributed by atoms with Crippen molar-refractivity contribution in [2.75, 3.05) is 66.0 Å². The molecule has 0 bridgehead atoms. The number of aromatic amines is 1. The molecule has 0 atom stereocenters. The minimum Gasteiger partial charge on any atom is -0.339 e. The zero-order valence-corrected chi connectivity index (χ0v) is 21.2. The Kier molecular flexibility index (Phi) is 7.57. The molecule has 2 N–H and O–H groups in total. The van der Waals surface area contributed by atoms with Crippen molar-refractivity contribution in [3.63, 3.8) is 0 Å². The van der Waals surface area contributed by atoms with Gasteiger partial charge in [0.1, 0.15) is 0 Å². The molecule has 3 amide bonds. The molecule has 3 aliphatic heterocycles. The third-order valence-electron chi connectivity index (χ3n) is 8.27. The molecular formula is C27H38N6O3. The van der Waals surface area contributed by atoms with Crippen molar-refractivity contribution >= 4 is 22.8 Å². The standard InChI is InChI=1S/C27H38N6O3/c1-30-10-8-22(9-11-30)31-14-16-32(17-15-31)25(34)19-28-27(36)33-12-6-20(7-13-33)23-18-21-4-2-3-5-24(21)29-26(23)35/h2-5,18,20,22H,6-17,19H2,1H3,(H,28,36)(H,29,35). The third-order valence-corrected chi connectivity index (χ3v) is 8.27. The first-order valence-corrected chi connectivity index (χ1v) is 13.3. The Labute approximate surface area is 212 Å². The van der Waals surface area contributed by atoms with Gasteiger partial charge in [-0.3, -0.25) is 14.5 Å². The second-order valence-corrected chi connectivity index (χ2v) is 10.5. The SMILES string of the molecule is CN1CCC(N2CCN(C(=O)CNC(=O)N3CCC(c4cc5ccccc5[nH]c4=O)CC3)CC2)CC1. The largest absolute Gasteiger partial charge is 0.339 e. The first-order valence-electron chi connectivity index (χ1n) is 13.3. The summed E-state index contributed by atoms with van der Waals surface area (Å²) in [6, 6.07) is 10.2. The lowest BCUT2D eigenvalue weighted by Gasteiger charge is -2.42. The number of piperidine rings is 2. The number of H-pyrrole nitrogens is 1. The van der Waals surface area contributed by atoms with Crippen LogP contribution in [0.3, 0.4) is 0 Å². The number of aromatic nitrogens is 1. The van der Waals surface area contributed by atoms with E-state index in [2.05, 4.69) is 27.1 Å². The van der Waals surface area contributed by atoms with Gasteiger partial charge in [-0.2, -0.15) is 0 Å². The molecular weight excluding hydrogens is 456 g/mol. The maximum Gasteiger partial charge on any atom is 0.317 e. The van der Waals surface area contributed by atoms with Crippen LogP contribution in [0.25, 0.3) is 10.9 Å². The van der Waals surface area contributed by atoms with Gasteiger partial charge in [-0.1, -0.05) is 18.2 Å². The summed E-state index contributed by atoms with van der Waals surface area (Å²) < 4.78 is 0. The van der Waals surface area contributed by atoms with E-state index >= 15 is 0 Å². The van der Waals surface area contributed by atoms with Crippen LogP contribution in [-0.4, -0.2) is 109 Å². The molecule has 4 heterocycles. The van der Waals surface area contributed by atoms with Gasteiger partial charge >= 0.3 is 6.03 Å². The summed E-state index contributed by atoms with van der Waals surface area (Å²) in [6.07, 6.45) is 3.88. The average molecular weight is 495 g/mol. The van der Waals surface area contributed by atoms with Crippen molar-refractivity contribution in [3.05, 3.63) is 46.2 Å². The molecule has 194 valence electrons. The maximum atomic E-state index is 12.7. The van der Waals surface area contributed by atoms with Crippen LogP contribution in [0, 0.1) is 0 Å². The average Bonchev–Trinajstić information content (AvgIpc) is 2.92.